The largest absolute Gasteiger partial charge is 0.340 e. The van der Waals surface area contributed by atoms with Crippen molar-refractivity contribution < 1.29 is 4.79 Å². The number of rotatable bonds is 4. The van der Waals surface area contributed by atoms with Gasteiger partial charge >= 0.3 is 0 Å². The van der Waals surface area contributed by atoms with Gasteiger partial charge in [-0.1, -0.05) is 23.2 Å². The molecule has 0 aliphatic carbocycles. The van der Waals surface area contributed by atoms with Crippen molar-refractivity contribution in [3.05, 3.63) is 63.8 Å². The Kier molecular flexibility index (Phi) is 4.73. The average Bonchev–Trinajstić information content (AvgIpc) is 2.89. The number of likely N-dealkylation sites (N-methyl/N-ethyl adjacent to an activating group) is 1. The Morgan fingerprint density at radius 2 is 2.00 bits per heavy atom. The fraction of sp³-hybridized carbons (Fsp3) is 0.235. The number of nitrogens with zero attached hydrogens (tertiary/aromatic N) is 4. The van der Waals surface area contributed by atoms with Crippen molar-refractivity contribution in [2.24, 2.45) is 0 Å². The highest BCUT2D eigenvalue weighted by molar-refractivity contribution is 6.36. The Labute approximate surface area is 149 Å². The number of carbonyl (C=O) groups is 1. The van der Waals surface area contributed by atoms with Crippen LogP contribution < -0.4 is 0 Å². The number of halogens is 2. The minimum Gasteiger partial charge on any atom is -0.340 e. The molecular formula is C17H16Cl2N4O. The summed E-state index contributed by atoms with van der Waals surface area (Å²) in [5.41, 5.74) is 2.77. The third-order valence-electron chi connectivity index (χ3n) is 3.85. The molecule has 5 nitrogen and oxygen atoms in total. The summed E-state index contributed by atoms with van der Waals surface area (Å²) in [6.07, 6.45) is 5.90. The maximum Gasteiger partial charge on any atom is 0.272 e. The van der Waals surface area contributed by atoms with Crippen molar-refractivity contribution in [1.82, 2.24) is 19.3 Å². The van der Waals surface area contributed by atoms with Crippen LogP contribution in [-0.4, -0.2) is 38.8 Å². The molecular weight excluding hydrogens is 347 g/mol. The van der Waals surface area contributed by atoms with Crippen LogP contribution in [0.3, 0.4) is 0 Å². The SMILES string of the molecule is Cc1nc2c(Cl)cc(Cl)cn2c1C(=O)N(C)CCc1ccncc1. The third kappa shape index (κ3) is 3.23. The Morgan fingerprint density at radius 3 is 2.71 bits per heavy atom. The van der Waals surface area contributed by atoms with E-state index in [1.807, 2.05) is 12.1 Å². The number of aryl methyl sites for hydroxylation is 1. The van der Waals surface area contributed by atoms with E-state index in [2.05, 4.69) is 9.97 Å². The molecule has 0 aliphatic rings. The van der Waals surface area contributed by atoms with E-state index in [0.717, 1.165) is 12.0 Å². The van der Waals surface area contributed by atoms with Gasteiger partial charge in [0.1, 0.15) is 5.69 Å². The molecule has 124 valence electrons. The summed E-state index contributed by atoms with van der Waals surface area (Å²) in [5, 5.41) is 0.877. The monoisotopic (exact) mass is 362 g/mol. The van der Waals surface area contributed by atoms with E-state index in [4.69, 9.17) is 23.2 Å². The lowest BCUT2D eigenvalue weighted by Gasteiger charge is -2.17. The second-order valence-corrected chi connectivity index (χ2v) is 6.42. The molecule has 24 heavy (non-hydrogen) atoms. The topological polar surface area (TPSA) is 50.5 Å². The van der Waals surface area contributed by atoms with Gasteiger partial charge in [0.2, 0.25) is 0 Å². The molecule has 7 heteroatoms. The van der Waals surface area contributed by atoms with Crippen molar-refractivity contribution in [3.63, 3.8) is 0 Å². The number of fused-ring (bicyclic) bond motifs is 1. The quantitative estimate of drug-likeness (QED) is 0.711. The van der Waals surface area contributed by atoms with Crippen LogP contribution in [0.25, 0.3) is 5.65 Å². The van der Waals surface area contributed by atoms with Crippen molar-refractivity contribution in [3.8, 4) is 0 Å². The van der Waals surface area contributed by atoms with E-state index in [1.165, 1.54) is 0 Å². The molecule has 0 unspecified atom stereocenters. The van der Waals surface area contributed by atoms with Gasteiger partial charge in [0.15, 0.2) is 5.65 Å². The second-order valence-electron chi connectivity index (χ2n) is 5.58. The summed E-state index contributed by atoms with van der Waals surface area (Å²) in [7, 11) is 1.77. The van der Waals surface area contributed by atoms with E-state index in [1.54, 1.807) is 47.9 Å². The molecule has 0 bridgehead atoms. The molecule has 1 amide bonds. The number of hydrogen-bond acceptors (Lipinski definition) is 3. The highest BCUT2D eigenvalue weighted by atomic mass is 35.5. The molecule has 0 fully saturated rings. The summed E-state index contributed by atoms with van der Waals surface area (Å²) >= 11 is 12.2. The number of imidazole rings is 1. The van der Waals surface area contributed by atoms with Crippen LogP contribution in [0, 0.1) is 6.92 Å². The Morgan fingerprint density at radius 1 is 1.29 bits per heavy atom. The Hall–Kier alpha value is -2.11. The number of aromatic nitrogens is 3. The first kappa shape index (κ1) is 16.7. The molecule has 0 atom stereocenters. The highest BCUT2D eigenvalue weighted by Gasteiger charge is 2.21. The second kappa shape index (κ2) is 6.79. The normalized spacial score (nSPS) is 11.0. The van der Waals surface area contributed by atoms with Crippen molar-refractivity contribution in [2.45, 2.75) is 13.3 Å². The molecule has 0 aromatic carbocycles. The molecule has 3 aromatic heterocycles. The van der Waals surface area contributed by atoms with E-state index < -0.39 is 0 Å². The standard InChI is InChI=1S/C17H16Cl2N4O/c1-11-15(23-10-13(18)9-14(19)16(23)21-11)17(24)22(2)8-5-12-3-6-20-7-4-12/h3-4,6-7,9-10H,5,8H2,1-2H3. The van der Waals surface area contributed by atoms with Gasteiger partial charge in [-0.2, -0.15) is 0 Å². The maximum absolute atomic E-state index is 12.9. The van der Waals surface area contributed by atoms with E-state index in [9.17, 15) is 4.79 Å². The molecule has 3 aromatic rings. The van der Waals surface area contributed by atoms with Gasteiger partial charge in [0.05, 0.1) is 15.7 Å². The fourth-order valence-electron chi connectivity index (χ4n) is 2.57. The first-order valence-corrected chi connectivity index (χ1v) is 8.21. The molecule has 3 rings (SSSR count). The van der Waals surface area contributed by atoms with E-state index in [-0.39, 0.29) is 5.91 Å². The minimum atomic E-state index is -0.118. The molecule has 0 radical (unpaired) electrons. The van der Waals surface area contributed by atoms with Crippen molar-refractivity contribution in [1.29, 1.82) is 0 Å². The van der Waals surface area contributed by atoms with Crippen LogP contribution in [0.5, 0.6) is 0 Å². The summed E-state index contributed by atoms with van der Waals surface area (Å²) in [5.74, 6) is -0.118. The van der Waals surface area contributed by atoms with Gasteiger partial charge in [-0.25, -0.2) is 4.98 Å². The maximum atomic E-state index is 12.9. The van der Waals surface area contributed by atoms with Gasteiger partial charge in [0.25, 0.3) is 5.91 Å². The predicted molar refractivity (Wildman–Crippen MR) is 94.9 cm³/mol. The van der Waals surface area contributed by atoms with Crippen LogP contribution in [0.4, 0.5) is 0 Å². The number of pyridine rings is 2. The van der Waals surface area contributed by atoms with E-state index >= 15 is 0 Å². The average molecular weight is 363 g/mol. The van der Waals surface area contributed by atoms with Gasteiger partial charge in [-0.15, -0.1) is 0 Å². The zero-order chi connectivity index (χ0) is 17.3. The number of hydrogen-bond donors (Lipinski definition) is 0. The lowest BCUT2D eigenvalue weighted by Crippen LogP contribution is -2.30. The molecule has 0 saturated heterocycles. The summed E-state index contributed by atoms with van der Waals surface area (Å²) < 4.78 is 1.66. The summed E-state index contributed by atoms with van der Waals surface area (Å²) in [4.78, 5) is 22.9. The number of amides is 1. The summed E-state index contributed by atoms with van der Waals surface area (Å²) in [6.45, 7) is 2.38. The summed E-state index contributed by atoms with van der Waals surface area (Å²) in [6, 6.07) is 5.50. The van der Waals surface area contributed by atoms with Crippen LogP contribution in [0.15, 0.2) is 36.8 Å². The van der Waals surface area contributed by atoms with Crippen molar-refractivity contribution in [2.75, 3.05) is 13.6 Å². The minimum absolute atomic E-state index is 0.118. The zero-order valence-corrected chi connectivity index (χ0v) is 14.8. The molecule has 3 heterocycles. The first-order chi connectivity index (χ1) is 11.5. The lowest BCUT2D eigenvalue weighted by atomic mass is 10.2. The lowest BCUT2D eigenvalue weighted by molar-refractivity contribution is 0.0789. The smallest absolute Gasteiger partial charge is 0.272 e. The molecule has 0 aliphatic heterocycles. The molecule has 0 saturated carbocycles. The van der Waals surface area contributed by atoms with E-state index in [0.29, 0.717) is 33.6 Å². The van der Waals surface area contributed by atoms with Crippen LogP contribution in [0.1, 0.15) is 21.7 Å². The Balaban J connectivity index is 1.86. The van der Waals surface area contributed by atoms with Crippen LogP contribution in [-0.2, 0) is 6.42 Å². The third-order valence-corrected chi connectivity index (χ3v) is 4.34. The van der Waals surface area contributed by atoms with Gasteiger partial charge in [-0.05, 0) is 37.1 Å². The fourth-order valence-corrected chi connectivity index (χ4v) is 3.09. The highest BCUT2D eigenvalue weighted by Crippen LogP contribution is 2.24. The van der Waals surface area contributed by atoms with Gasteiger partial charge in [-0.3, -0.25) is 14.2 Å². The first-order valence-electron chi connectivity index (χ1n) is 7.45. The molecule has 0 spiro atoms. The van der Waals surface area contributed by atoms with Crippen LogP contribution >= 0.6 is 23.2 Å². The zero-order valence-electron chi connectivity index (χ0n) is 13.3. The Bertz CT molecular complexity index is 892. The van der Waals surface area contributed by atoms with Gasteiger partial charge in [0, 0.05) is 32.2 Å². The molecule has 0 N–H and O–H groups in total. The number of carbonyl (C=O) groups excluding carboxylic acids is 1. The predicted octanol–water partition coefficient (Wildman–Crippen LogP) is 3.66. The van der Waals surface area contributed by atoms with Gasteiger partial charge < -0.3 is 4.90 Å². The van der Waals surface area contributed by atoms with Crippen molar-refractivity contribution >= 4 is 34.8 Å². The van der Waals surface area contributed by atoms with Crippen LogP contribution in [0.2, 0.25) is 10.0 Å².